The molecule has 1 heterocycles. The van der Waals surface area contributed by atoms with Crippen molar-refractivity contribution in [1.82, 2.24) is 4.98 Å². The Morgan fingerprint density at radius 1 is 1.54 bits per heavy atom. The molecule has 6 heteroatoms. The Hall–Kier alpha value is -0.610. The van der Waals surface area contributed by atoms with Gasteiger partial charge in [-0.2, -0.15) is 0 Å². The van der Waals surface area contributed by atoms with Gasteiger partial charge in [0.15, 0.2) is 0 Å². The maximum atomic E-state index is 12.4. The standard InChI is InChI=1S/C7H6Cl2F2N2/c8-2-4-6(7(10)11)3(12)1-5(9)13-4/h1,7H,2H2,(H2,12,13). The smallest absolute Gasteiger partial charge is 0.267 e. The zero-order valence-electron chi connectivity index (χ0n) is 6.40. The summed E-state index contributed by atoms with van der Waals surface area (Å²) in [5.74, 6) is -0.134. The number of halogens is 4. The Bertz CT molecular complexity index is 318. The van der Waals surface area contributed by atoms with Gasteiger partial charge in [-0.05, 0) is 6.07 Å². The van der Waals surface area contributed by atoms with Crippen molar-refractivity contribution in [3.05, 3.63) is 22.5 Å². The van der Waals surface area contributed by atoms with E-state index in [1.165, 1.54) is 6.07 Å². The van der Waals surface area contributed by atoms with Gasteiger partial charge in [0.05, 0.1) is 17.1 Å². The van der Waals surface area contributed by atoms with Gasteiger partial charge in [0.25, 0.3) is 6.43 Å². The lowest BCUT2D eigenvalue weighted by molar-refractivity contribution is 0.151. The Morgan fingerprint density at radius 2 is 2.15 bits per heavy atom. The summed E-state index contributed by atoms with van der Waals surface area (Å²) in [6.45, 7) is 0. The van der Waals surface area contributed by atoms with Crippen LogP contribution in [-0.4, -0.2) is 4.98 Å². The van der Waals surface area contributed by atoms with E-state index in [1.54, 1.807) is 0 Å². The predicted octanol–water partition coefficient (Wildman–Crippen LogP) is 2.99. The number of pyridine rings is 1. The normalized spacial score (nSPS) is 10.8. The van der Waals surface area contributed by atoms with Gasteiger partial charge in [-0.25, -0.2) is 13.8 Å². The third-order valence-corrected chi connectivity index (χ3v) is 1.93. The molecule has 0 bridgehead atoms. The van der Waals surface area contributed by atoms with E-state index < -0.39 is 6.43 Å². The molecule has 0 unspecified atom stereocenters. The van der Waals surface area contributed by atoms with Crippen molar-refractivity contribution in [1.29, 1.82) is 0 Å². The summed E-state index contributed by atoms with van der Waals surface area (Å²) < 4.78 is 24.8. The van der Waals surface area contributed by atoms with Gasteiger partial charge < -0.3 is 5.73 Å². The number of nitrogen functional groups attached to an aromatic ring is 1. The maximum Gasteiger partial charge on any atom is 0.267 e. The van der Waals surface area contributed by atoms with Crippen LogP contribution in [0.15, 0.2) is 6.07 Å². The van der Waals surface area contributed by atoms with Crippen LogP contribution in [0.1, 0.15) is 17.7 Å². The second kappa shape index (κ2) is 4.07. The number of rotatable bonds is 2. The predicted molar refractivity (Wildman–Crippen MR) is 48.2 cm³/mol. The molecule has 0 amide bonds. The number of hydrogen-bond acceptors (Lipinski definition) is 2. The van der Waals surface area contributed by atoms with E-state index in [-0.39, 0.29) is 28.0 Å². The summed E-state index contributed by atoms with van der Waals surface area (Å²) in [6.07, 6.45) is -2.68. The minimum Gasteiger partial charge on any atom is -0.398 e. The Kier molecular flexibility index (Phi) is 3.27. The van der Waals surface area contributed by atoms with Gasteiger partial charge >= 0.3 is 0 Å². The average Bonchev–Trinajstić information content (AvgIpc) is 2.01. The molecule has 0 saturated carbocycles. The minimum atomic E-state index is -2.68. The molecule has 1 aromatic heterocycles. The highest BCUT2D eigenvalue weighted by Crippen LogP contribution is 2.30. The molecule has 0 aromatic carbocycles. The fraction of sp³-hybridized carbons (Fsp3) is 0.286. The first-order valence-electron chi connectivity index (χ1n) is 3.35. The summed E-state index contributed by atoms with van der Waals surface area (Å²) >= 11 is 10.9. The monoisotopic (exact) mass is 226 g/mol. The molecule has 0 fully saturated rings. The van der Waals surface area contributed by atoms with Gasteiger partial charge in [-0.3, -0.25) is 0 Å². The summed E-state index contributed by atoms with van der Waals surface area (Å²) in [6, 6.07) is 1.18. The Labute approximate surface area is 83.7 Å². The van der Waals surface area contributed by atoms with Crippen LogP contribution in [0.5, 0.6) is 0 Å². The van der Waals surface area contributed by atoms with Crippen LogP contribution in [0.4, 0.5) is 14.5 Å². The Balaban J connectivity index is 3.30. The number of aromatic nitrogens is 1. The third kappa shape index (κ3) is 2.19. The molecule has 2 N–H and O–H groups in total. The van der Waals surface area contributed by atoms with Crippen molar-refractivity contribution in [3.63, 3.8) is 0 Å². The van der Waals surface area contributed by atoms with Crippen LogP contribution >= 0.6 is 23.2 Å². The number of nitrogens with zero attached hydrogens (tertiary/aromatic N) is 1. The topological polar surface area (TPSA) is 38.9 Å². The van der Waals surface area contributed by atoms with Gasteiger partial charge in [0.2, 0.25) is 0 Å². The van der Waals surface area contributed by atoms with Crippen molar-refractivity contribution in [2.24, 2.45) is 0 Å². The lowest BCUT2D eigenvalue weighted by atomic mass is 10.2. The van der Waals surface area contributed by atoms with E-state index in [9.17, 15) is 8.78 Å². The highest BCUT2D eigenvalue weighted by molar-refractivity contribution is 6.29. The first-order chi connectivity index (χ1) is 6.06. The highest BCUT2D eigenvalue weighted by atomic mass is 35.5. The molecular weight excluding hydrogens is 221 g/mol. The van der Waals surface area contributed by atoms with Gasteiger partial charge in [-0.1, -0.05) is 11.6 Å². The van der Waals surface area contributed by atoms with Crippen LogP contribution in [-0.2, 0) is 5.88 Å². The van der Waals surface area contributed by atoms with Crippen molar-refractivity contribution < 1.29 is 8.78 Å². The van der Waals surface area contributed by atoms with Crippen molar-refractivity contribution >= 4 is 28.9 Å². The number of alkyl halides is 3. The second-order valence-corrected chi connectivity index (χ2v) is 2.98. The third-order valence-electron chi connectivity index (χ3n) is 1.48. The number of nitrogens with two attached hydrogens (primary N) is 1. The van der Waals surface area contributed by atoms with Crippen molar-refractivity contribution in [2.45, 2.75) is 12.3 Å². The summed E-state index contributed by atoms with van der Waals surface area (Å²) in [4.78, 5) is 3.65. The quantitative estimate of drug-likeness (QED) is 0.622. The SMILES string of the molecule is Nc1cc(Cl)nc(CCl)c1C(F)F. The Morgan fingerprint density at radius 3 is 2.62 bits per heavy atom. The lowest BCUT2D eigenvalue weighted by Gasteiger charge is -2.08. The summed E-state index contributed by atoms with van der Waals surface area (Å²) in [5.41, 5.74) is 4.95. The zero-order valence-corrected chi connectivity index (χ0v) is 7.91. The van der Waals surface area contributed by atoms with Crippen molar-refractivity contribution in [3.8, 4) is 0 Å². The minimum absolute atomic E-state index is 0.0293. The molecule has 0 saturated heterocycles. The van der Waals surface area contributed by atoms with E-state index in [1.807, 2.05) is 0 Å². The van der Waals surface area contributed by atoms with Crippen LogP contribution < -0.4 is 5.73 Å². The summed E-state index contributed by atoms with van der Waals surface area (Å²) in [5, 5.41) is 0.0672. The molecule has 0 spiro atoms. The zero-order chi connectivity index (χ0) is 10.0. The summed E-state index contributed by atoms with van der Waals surface area (Å²) in [7, 11) is 0. The van der Waals surface area contributed by atoms with Crippen LogP contribution in [0, 0.1) is 0 Å². The first kappa shape index (κ1) is 10.5. The van der Waals surface area contributed by atoms with E-state index in [2.05, 4.69) is 4.98 Å². The largest absolute Gasteiger partial charge is 0.398 e. The van der Waals surface area contributed by atoms with Crippen LogP contribution in [0.3, 0.4) is 0 Å². The molecule has 72 valence electrons. The van der Waals surface area contributed by atoms with E-state index in [4.69, 9.17) is 28.9 Å². The highest BCUT2D eigenvalue weighted by Gasteiger charge is 2.18. The molecule has 0 aliphatic rings. The molecule has 0 aliphatic heterocycles. The molecule has 1 rings (SSSR count). The van der Waals surface area contributed by atoms with E-state index in [0.717, 1.165) is 0 Å². The maximum absolute atomic E-state index is 12.4. The van der Waals surface area contributed by atoms with Crippen LogP contribution in [0.25, 0.3) is 0 Å². The van der Waals surface area contributed by atoms with E-state index >= 15 is 0 Å². The fourth-order valence-corrected chi connectivity index (χ4v) is 1.37. The molecule has 0 radical (unpaired) electrons. The number of hydrogen-bond donors (Lipinski definition) is 1. The molecule has 13 heavy (non-hydrogen) atoms. The van der Waals surface area contributed by atoms with Crippen LogP contribution in [0.2, 0.25) is 5.15 Å². The first-order valence-corrected chi connectivity index (χ1v) is 4.26. The molecule has 0 aliphatic carbocycles. The molecule has 1 aromatic rings. The van der Waals surface area contributed by atoms with Gasteiger partial charge in [0.1, 0.15) is 5.15 Å². The van der Waals surface area contributed by atoms with Gasteiger partial charge in [0, 0.05) is 5.69 Å². The van der Waals surface area contributed by atoms with Gasteiger partial charge in [-0.15, -0.1) is 11.6 Å². The molecular formula is C7H6Cl2F2N2. The lowest BCUT2D eigenvalue weighted by Crippen LogP contribution is -2.02. The fourth-order valence-electron chi connectivity index (χ4n) is 0.948. The number of anilines is 1. The molecule has 2 nitrogen and oxygen atoms in total. The van der Waals surface area contributed by atoms with Crippen molar-refractivity contribution in [2.75, 3.05) is 5.73 Å². The second-order valence-electron chi connectivity index (χ2n) is 2.33. The average molecular weight is 227 g/mol. The molecule has 0 atom stereocenters. The van der Waals surface area contributed by atoms with E-state index in [0.29, 0.717) is 0 Å².